The number of fused-ring (bicyclic) bond motifs is 3. The number of likely N-dealkylation sites (tertiary alicyclic amines) is 1. The van der Waals surface area contributed by atoms with E-state index < -0.39 is 0 Å². The van der Waals surface area contributed by atoms with Crippen LogP contribution in [0.15, 0.2) is 24.3 Å². The molecule has 3 aliphatic heterocycles. The largest absolute Gasteiger partial charge is 0.384 e. The second-order valence-corrected chi connectivity index (χ2v) is 9.68. The lowest BCUT2D eigenvalue weighted by Gasteiger charge is -2.29. The highest BCUT2D eigenvalue weighted by Crippen LogP contribution is 2.53. The summed E-state index contributed by atoms with van der Waals surface area (Å²) in [5.74, 6) is -0.445. The molecule has 4 atom stereocenters. The SMILES string of the molecule is C[N+](C)(C)CCCN1C(=O)[C@@H]2[C@H](C1=O)[C@H](c1ccc(C(=N)N)cc1)N1CCC[C@@H]21. The molecule has 29 heavy (non-hydrogen) atoms. The Morgan fingerprint density at radius 2 is 1.79 bits per heavy atom. The summed E-state index contributed by atoms with van der Waals surface area (Å²) in [5, 5.41) is 7.60. The van der Waals surface area contributed by atoms with Gasteiger partial charge >= 0.3 is 0 Å². The number of carbonyl (C=O) groups is 2. The molecule has 0 radical (unpaired) electrons. The van der Waals surface area contributed by atoms with Crippen LogP contribution in [0.2, 0.25) is 0 Å². The predicted molar refractivity (Wildman–Crippen MR) is 111 cm³/mol. The van der Waals surface area contributed by atoms with Gasteiger partial charge in [-0.05, 0) is 24.9 Å². The molecule has 3 fully saturated rings. The second-order valence-electron chi connectivity index (χ2n) is 9.68. The molecule has 4 rings (SSSR count). The van der Waals surface area contributed by atoms with Gasteiger partial charge in [0.2, 0.25) is 11.8 Å². The first kappa shape index (κ1) is 20.0. The van der Waals surface area contributed by atoms with Gasteiger partial charge in [0, 0.05) is 30.6 Å². The lowest BCUT2D eigenvalue weighted by atomic mass is 9.85. The number of benzene rings is 1. The topological polar surface area (TPSA) is 90.5 Å². The first-order chi connectivity index (χ1) is 13.7. The van der Waals surface area contributed by atoms with E-state index in [1.807, 2.05) is 24.3 Å². The van der Waals surface area contributed by atoms with E-state index in [1.54, 1.807) is 0 Å². The van der Waals surface area contributed by atoms with Gasteiger partial charge < -0.3 is 10.2 Å². The fraction of sp³-hybridized carbons (Fsp3) is 0.591. The minimum Gasteiger partial charge on any atom is -0.384 e. The lowest BCUT2D eigenvalue weighted by molar-refractivity contribution is -0.870. The quantitative estimate of drug-likeness (QED) is 0.326. The maximum Gasteiger partial charge on any atom is 0.235 e. The maximum absolute atomic E-state index is 13.4. The molecule has 3 aliphatic rings. The molecule has 0 spiro atoms. The first-order valence-electron chi connectivity index (χ1n) is 10.5. The number of nitrogen functional groups attached to an aromatic ring is 1. The van der Waals surface area contributed by atoms with Crippen LogP contribution in [0.1, 0.15) is 36.4 Å². The molecule has 3 N–H and O–H groups in total. The van der Waals surface area contributed by atoms with Crippen LogP contribution in [-0.2, 0) is 9.59 Å². The summed E-state index contributed by atoms with van der Waals surface area (Å²) in [6, 6.07) is 7.73. The third-order valence-corrected chi connectivity index (χ3v) is 6.72. The molecule has 0 aromatic heterocycles. The summed E-state index contributed by atoms with van der Waals surface area (Å²) in [6.07, 6.45) is 2.88. The molecule has 0 bridgehead atoms. The van der Waals surface area contributed by atoms with Gasteiger partial charge in [-0.1, -0.05) is 24.3 Å². The molecule has 7 nitrogen and oxygen atoms in total. The average Bonchev–Trinajstić information content (AvgIpc) is 3.29. The normalized spacial score (nSPS) is 29.4. The predicted octanol–water partition coefficient (Wildman–Crippen LogP) is 1.19. The number of nitrogens with zero attached hydrogens (tertiary/aromatic N) is 3. The van der Waals surface area contributed by atoms with E-state index in [0.717, 1.165) is 42.4 Å². The Morgan fingerprint density at radius 3 is 2.41 bits per heavy atom. The van der Waals surface area contributed by atoms with Crippen molar-refractivity contribution < 1.29 is 14.1 Å². The Kier molecular flexibility index (Phi) is 4.99. The van der Waals surface area contributed by atoms with Gasteiger partial charge in [0.15, 0.2) is 0 Å². The summed E-state index contributed by atoms with van der Waals surface area (Å²) in [7, 11) is 6.37. The van der Waals surface area contributed by atoms with E-state index in [4.69, 9.17) is 11.1 Å². The van der Waals surface area contributed by atoms with Crippen molar-refractivity contribution in [3.8, 4) is 0 Å². The second kappa shape index (κ2) is 7.22. The standard InChI is InChI=1S/C22H32N5O2/c1-27(2,3)13-5-12-26-21(28)17-16-6-4-11-25(16)19(18(17)22(26)29)14-7-9-15(10-8-14)20(23)24/h7-10,16-19H,4-6,11-13H2,1-3H3,(H3,23,24)/q+1/t16-,17-,18-,19-/m0/s1. The molecule has 7 heteroatoms. The highest BCUT2D eigenvalue weighted by atomic mass is 16.2. The number of amidine groups is 1. The van der Waals surface area contributed by atoms with Crippen molar-refractivity contribution in [1.29, 1.82) is 5.41 Å². The van der Waals surface area contributed by atoms with E-state index in [1.165, 1.54) is 4.90 Å². The third kappa shape index (κ3) is 3.46. The van der Waals surface area contributed by atoms with Crippen molar-refractivity contribution in [3.05, 3.63) is 35.4 Å². The Bertz CT molecular complexity index is 829. The summed E-state index contributed by atoms with van der Waals surface area (Å²) in [4.78, 5) is 30.5. The van der Waals surface area contributed by atoms with Crippen molar-refractivity contribution in [2.45, 2.75) is 31.3 Å². The van der Waals surface area contributed by atoms with Crippen LogP contribution in [0.4, 0.5) is 0 Å². The van der Waals surface area contributed by atoms with E-state index in [0.29, 0.717) is 12.1 Å². The van der Waals surface area contributed by atoms with E-state index in [9.17, 15) is 9.59 Å². The van der Waals surface area contributed by atoms with Crippen LogP contribution >= 0.6 is 0 Å². The zero-order valence-corrected chi connectivity index (χ0v) is 17.6. The molecular formula is C22H32N5O2+. The molecule has 0 aliphatic carbocycles. The Hall–Kier alpha value is -2.25. The number of hydrogen-bond donors (Lipinski definition) is 2. The van der Waals surface area contributed by atoms with Gasteiger partial charge in [-0.25, -0.2) is 0 Å². The van der Waals surface area contributed by atoms with Crippen molar-refractivity contribution in [1.82, 2.24) is 9.80 Å². The molecule has 2 amide bonds. The zero-order chi connectivity index (χ0) is 20.9. The number of carbonyl (C=O) groups excluding carboxylic acids is 2. The van der Waals surface area contributed by atoms with E-state index in [-0.39, 0.29) is 41.6 Å². The number of amides is 2. The third-order valence-electron chi connectivity index (χ3n) is 6.72. The Morgan fingerprint density at radius 1 is 1.14 bits per heavy atom. The minimum absolute atomic E-state index is 0.00328. The summed E-state index contributed by atoms with van der Waals surface area (Å²) in [5.41, 5.74) is 7.31. The van der Waals surface area contributed by atoms with Crippen molar-refractivity contribution >= 4 is 17.6 Å². The van der Waals surface area contributed by atoms with Gasteiger partial charge in [0.1, 0.15) is 5.84 Å². The van der Waals surface area contributed by atoms with E-state index in [2.05, 4.69) is 26.0 Å². The molecule has 0 unspecified atom stereocenters. The van der Waals surface area contributed by atoms with E-state index >= 15 is 0 Å². The highest BCUT2D eigenvalue weighted by molar-refractivity contribution is 6.06. The number of hydrogen-bond acceptors (Lipinski definition) is 4. The van der Waals surface area contributed by atoms with Crippen molar-refractivity contribution in [2.24, 2.45) is 17.6 Å². The molecule has 0 saturated carbocycles. The fourth-order valence-corrected chi connectivity index (χ4v) is 5.45. The molecule has 1 aromatic rings. The number of nitrogens with one attached hydrogen (secondary N) is 1. The van der Waals surface area contributed by atoms with Gasteiger partial charge in [-0.3, -0.25) is 24.8 Å². The number of rotatable bonds is 6. The Labute approximate surface area is 172 Å². The number of nitrogens with two attached hydrogens (primary N) is 1. The average molecular weight is 399 g/mol. The molecule has 3 saturated heterocycles. The fourth-order valence-electron chi connectivity index (χ4n) is 5.45. The molecular weight excluding hydrogens is 366 g/mol. The number of quaternary nitrogens is 1. The minimum atomic E-state index is -0.292. The highest BCUT2D eigenvalue weighted by Gasteiger charge is 2.62. The van der Waals surface area contributed by atoms with Crippen LogP contribution in [0.3, 0.4) is 0 Å². The smallest absolute Gasteiger partial charge is 0.235 e. The van der Waals surface area contributed by atoms with Crippen LogP contribution in [0, 0.1) is 17.2 Å². The summed E-state index contributed by atoms with van der Waals surface area (Å²) >= 11 is 0. The van der Waals surface area contributed by atoms with Crippen LogP contribution < -0.4 is 5.73 Å². The van der Waals surface area contributed by atoms with Gasteiger partial charge in [-0.2, -0.15) is 0 Å². The van der Waals surface area contributed by atoms with Crippen molar-refractivity contribution in [2.75, 3.05) is 40.8 Å². The summed E-state index contributed by atoms with van der Waals surface area (Å²) in [6.45, 7) is 2.37. The number of imide groups is 1. The zero-order valence-electron chi connectivity index (χ0n) is 17.6. The summed E-state index contributed by atoms with van der Waals surface area (Å²) < 4.78 is 0.824. The van der Waals surface area contributed by atoms with Crippen molar-refractivity contribution in [3.63, 3.8) is 0 Å². The van der Waals surface area contributed by atoms with Crippen LogP contribution in [0.5, 0.6) is 0 Å². The van der Waals surface area contributed by atoms with Gasteiger partial charge in [0.05, 0.1) is 39.5 Å². The van der Waals surface area contributed by atoms with Gasteiger partial charge in [0.25, 0.3) is 0 Å². The van der Waals surface area contributed by atoms with Crippen LogP contribution in [-0.4, -0.2) is 78.8 Å². The first-order valence-corrected chi connectivity index (χ1v) is 10.5. The maximum atomic E-state index is 13.4. The monoisotopic (exact) mass is 398 g/mol. The van der Waals surface area contributed by atoms with Gasteiger partial charge in [-0.15, -0.1) is 0 Å². The lowest BCUT2D eigenvalue weighted by Crippen LogP contribution is -2.42. The molecule has 156 valence electrons. The molecule has 1 aromatic carbocycles. The van der Waals surface area contributed by atoms with Crippen LogP contribution in [0.25, 0.3) is 0 Å². The Balaban J connectivity index is 1.60. The molecule has 3 heterocycles.